The maximum atomic E-state index is 12.9. The Morgan fingerprint density at radius 1 is 0.941 bits per heavy atom. The first-order valence-corrected chi connectivity index (χ1v) is 12.0. The molecule has 0 saturated heterocycles. The van der Waals surface area contributed by atoms with Crippen LogP contribution in [0.25, 0.3) is 0 Å². The number of aryl methyl sites for hydroxylation is 1. The molecule has 2 N–H and O–H groups in total. The number of benzene rings is 3. The number of rotatable bonds is 9. The van der Waals surface area contributed by atoms with Crippen molar-refractivity contribution in [2.45, 2.75) is 18.4 Å². The first-order chi connectivity index (χ1) is 16.2. The molecule has 0 radical (unpaired) electrons. The number of ether oxygens (including phenoxy) is 1. The number of nitrogens with zero attached hydrogens (tertiary/aromatic N) is 1. The number of nitrogens with one attached hydrogen (secondary N) is 2. The van der Waals surface area contributed by atoms with Crippen molar-refractivity contribution in [3.63, 3.8) is 0 Å². The average Bonchev–Trinajstić information content (AvgIpc) is 2.83. The zero-order chi connectivity index (χ0) is 24.7. The molecule has 9 heteroatoms. The van der Waals surface area contributed by atoms with Gasteiger partial charge >= 0.3 is 0 Å². The summed E-state index contributed by atoms with van der Waals surface area (Å²) >= 11 is 0. The van der Waals surface area contributed by atoms with Crippen molar-refractivity contribution in [3.05, 3.63) is 89.5 Å². The first-order valence-electron chi connectivity index (χ1n) is 10.5. The third-order valence-corrected chi connectivity index (χ3v) is 6.57. The van der Waals surface area contributed by atoms with Gasteiger partial charge in [-0.15, -0.1) is 0 Å². The molecule has 34 heavy (non-hydrogen) atoms. The molecular formula is C25H27N3O5S. The van der Waals surface area contributed by atoms with Crippen LogP contribution in [0.1, 0.15) is 21.5 Å². The molecular weight excluding hydrogens is 454 g/mol. The summed E-state index contributed by atoms with van der Waals surface area (Å²) in [5.74, 6) is -0.127. The Labute approximate surface area is 199 Å². The fraction of sp³-hybridized carbons (Fsp3) is 0.200. The van der Waals surface area contributed by atoms with E-state index in [-0.39, 0.29) is 29.5 Å². The molecule has 3 aromatic rings. The van der Waals surface area contributed by atoms with Crippen molar-refractivity contribution >= 4 is 27.5 Å². The normalized spacial score (nSPS) is 11.0. The summed E-state index contributed by atoms with van der Waals surface area (Å²) in [5, 5.41) is 2.74. The Bertz CT molecular complexity index is 1260. The van der Waals surface area contributed by atoms with Crippen molar-refractivity contribution in [1.29, 1.82) is 0 Å². The SMILES string of the molecule is Cc1ccc(C(=O)Nc2ccc(OCC(=O)N(C)C)cc2)cc1S(=O)(=O)NCc1ccccc1. The third-order valence-electron chi connectivity index (χ3n) is 5.02. The largest absolute Gasteiger partial charge is 0.484 e. The zero-order valence-electron chi connectivity index (χ0n) is 19.2. The average molecular weight is 482 g/mol. The van der Waals surface area contributed by atoms with E-state index in [2.05, 4.69) is 10.0 Å². The fourth-order valence-corrected chi connectivity index (χ4v) is 4.28. The minimum Gasteiger partial charge on any atom is -0.484 e. The van der Waals surface area contributed by atoms with Crippen LogP contribution in [0.5, 0.6) is 5.75 Å². The monoisotopic (exact) mass is 481 g/mol. The summed E-state index contributed by atoms with van der Waals surface area (Å²) in [5.41, 5.74) is 2.08. The molecule has 0 aliphatic rings. The predicted octanol–water partition coefficient (Wildman–Crippen LogP) is 3.19. The standard InChI is InChI=1S/C25H27N3O5S/c1-18-9-10-20(15-23(18)34(31,32)26-16-19-7-5-4-6-8-19)25(30)27-21-11-13-22(14-12-21)33-17-24(29)28(2)3/h4-15,26H,16-17H2,1-3H3,(H,27,30). The van der Waals surface area contributed by atoms with Gasteiger partial charge in [-0.25, -0.2) is 13.1 Å². The number of likely N-dealkylation sites (N-methyl/N-ethyl adjacent to an activating group) is 1. The molecule has 8 nitrogen and oxygen atoms in total. The highest BCUT2D eigenvalue weighted by molar-refractivity contribution is 7.89. The van der Waals surface area contributed by atoms with Gasteiger partial charge in [-0.1, -0.05) is 36.4 Å². The smallest absolute Gasteiger partial charge is 0.259 e. The summed E-state index contributed by atoms with van der Waals surface area (Å²) < 4.78 is 33.7. The lowest BCUT2D eigenvalue weighted by molar-refractivity contribution is -0.130. The van der Waals surface area contributed by atoms with Crippen LogP contribution < -0.4 is 14.8 Å². The number of anilines is 1. The quantitative estimate of drug-likeness (QED) is 0.488. The Morgan fingerprint density at radius 3 is 2.26 bits per heavy atom. The second-order valence-electron chi connectivity index (χ2n) is 7.85. The number of hydrogen-bond donors (Lipinski definition) is 2. The van der Waals surface area contributed by atoms with E-state index in [0.717, 1.165) is 5.56 Å². The van der Waals surface area contributed by atoms with E-state index in [1.54, 1.807) is 57.4 Å². The molecule has 0 spiro atoms. The van der Waals surface area contributed by atoms with Gasteiger partial charge in [0.15, 0.2) is 6.61 Å². The lowest BCUT2D eigenvalue weighted by Crippen LogP contribution is -2.27. The van der Waals surface area contributed by atoms with E-state index in [0.29, 0.717) is 17.0 Å². The summed E-state index contributed by atoms with van der Waals surface area (Å²) in [6, 6.07) is 20.3. The molecule has 3 rings (SSSR count). The second kappa shape index (κ2) is 11.0. The van der Waals surface area contributed by atoms with Crippen molar-refractivity contribution < 1.29 is 22.7 Å². The molecule has 178 valence electrons. The van der Waals surface area contributed by atoms with Crippen LogP contribution in [0.3, 0.4) is 0 Å². The highest BCUT2D eigenvalue weighted by Gasteiger charge is 2.19. The lowest BCUT2D eigenvalue weighted by Gasteiger charge is -2.13. The molecule has 2 amide bonds. The van der Waals surface area contributed by atoms with Gasteiger partial charge < -0.3 is 15.0 Å². The van der Waals surface area contributed by atoms with E-state index >= 15 is 0 Å². The van der Waals surface area contributed by atoms with Crippen LogP contribution in [0.4, 0.5) is 5.69 Å². The number of carbonyl (C=O) groups is 2. The molecule has 3 aromatic carbocycles. The van der Waals surface area contributed by atoms with E-state index in [1.807, 2.05) is 30.3 Å². The van der Waals surface area contributed by atoms with Gasteiger partial charge in [0, 0.05) is 31.9 Å². The Balaban J connectivity index is 1.67. The predicted molar refractivity (Wildman–Crippen MR) is 130 cm³/mol. The molecule has 0 aliphatic heterocycles. The number of hydrogen-bond acceptors (Lipinski definition) is 5. The maximum absolute atomic E-state index is 12.9. The van der Waals surface area contributed by atoms with Crippen LogP contribution in [-0.2, 0) is 21.4 Å². The van der Waals surface area contributed by atoms with Crippen molar-refractivity contribution in [3.8, 4) is 5.75 Å². The summed E-state index contributed by atoms with van der Waals surface area (Å²) in [4.78, 5) is 25.8. The second-order valence-corrected chi connectivity index (χ2v) is 9.58. The highest BCUT2D eigenvalue weighted by Crippen LogP contribution is 2.20. The molecule has 0 fully saturated rings. The van der Waals surface area contributed by atoms with Crippen LogP contribution >= 0.6 is 0 Å². The Hall–Kier alpha value is -3.69. The van der Waals surface area contributed by atoms with E-state index in [1.165, 1.54) is 11.0 Å². The van der Waals surface area contributed by atoms with E-state index in [4.69, 9.17) is 4.74 Å². The van der Waals surface area contributed by atoms with Gasteiger partial charge in [0.25, 0.3) is 11.8 Å². The van der Waals surface area contributed by atoms with E-state index < -0.39 is 15.9 Å². The van der Waals surface area contributed by atoms with Crippen molar-refractivity contribution in [2.24, 2.45) is 0 Å². The van der Waals surface area contributed by atoms with Gasteiger partial charge in [-0.3, -0.25) is 9.59 Å². The highest BCUT2D eigenvalue weighted by atomic mass is 32.2. The molecule has 0 atom stereocenters. The summed E-state index contributed by atoms with van der Waals surface area (Å²) in [7, 11) is -0.532. The molecule has 0 saturated carbocycles. The van der Waals surface area contributed by atoms with Gasteiger partial charge in [-0.05, 0) is 54.4 Å². The summed E-state index contributed by atoms with van der Waals surface area (Å²) in [6.45, 7) is 1.74. The Morgan fingerprint density at radius 2 is 1.62 bits per heavy atom. The van der Waals surface area contributed by atoms with Crippen molar-refractivity contribution in [2.75, 3.05) is 26.0 Å². The summed E-state index contributed by atoms with van der Waals surface area (Å²) in [6.07, 6.45) is 0. The zero-order valence-corrected chi connectivity index (χ0v) is 20.1. The molecule has 0 bridgehead atoms. The minimum atomic E-state index is -3.82. The molecule has 0 unspecified atom stereocenters. The van der Waals surface area contributed by atoms with Crippen molar-refractivity contribution in [1.82, 2.24) is 9.62 Å². The molecule has 0 aliphatic carbocycles. The van der Waals surface area contributed by atoms with E-state index in [9.17, 15) is 18.0 Å². The maximum Gasteiger partial charge on any atom is 0.259 e. The topological polar surface area (TPSA) is 105 Å². The number of amides is 2. The van der Waals surface area contributed by atoms with Gasteiger partial charge in [0.05, 0.1) is 4.90 Å². The molecule has 0 heterocycles. The van der Waals surface area contributed by atoms with Gasteiger partial charge in [-0.2, -0.15) is 0 Å². The van der Waals surface area contributed by atoms with Gasteiger partial charge in [0.2, 0.25) is 10.0 Å². The third kappa shape index (κ3) is 6.66. The van der Waals surface area contributed by atoms with Crippen LogP contribution in [0.2, 0.25) is 0 Å². The van der Waals surface area contributed by atoms with Crippen LogP contribution in [0, 0.1) is 6.92 Å². The first kappa shape index (κ1) is 24.9. The van der Waals surface area contributed by atoms with Crippen LogP contribution in [-0.4, -0.2) is 45.8 Å². The molecule has 0 aromatic heterocycles. The number of carbonyl (C=O) groups excluding carboxylic acids is 2. The van der Waals surface area contributed by atoms with Crippen LogP contribution in [0.15, 0.2) is 77.7 Å². The fourth-order valence-electron chi connectivity index (χ4n) is 2.99. The Kier molecular flexibility index (Phi) is 8.04. The van der Waals surface area contributed by atoms with Gasteiger partial charge in [0.1, 0.15) is 5.75 Å². The lowest BCUT2D eigenvalue weighted by atomic mass is 10.1. The minimum absolute atomic E-state index is 0.0467. The number of sulfonamides is 1.